The summed E-state index contributed by atoms with van der Waals surface area (Å²) in [5.74, 6) is 1.14. The van der Waals surface area contributed by atoms with E-state index in [2.05, 4.69) is 40.7 Å². The molecule has 0 aliphatic carbocycles. The zero-order chi connectivity index (χ0) is 11.2. The maximum absolute atomic E-state index is 5.85. The SMILES string of the molecule is Cc1cc(C)c2c(c1C)OCCC2(C)C. The summed E-state index contributed by atoms with van der Waals surface area (Å²) in [6, 6.07) is 2.28. The van der Waals surface area contributed by atoms with Crippen LogP contribution in [0.3, 0.4) is 0 Å². The van der Waals surface area contributed by atoms with Crippen LogP contribution in [-0.4, -0.2) is 6.61 Å². The van der Waals surface area contributed by atoms with Crippen LogP contribution in [-0.2, 0) is 5.41 Å². The van der Waals surface area contributed by atoms with E-state index in [1.54, 1.807) is 0 Å². The average molecular weight is 204 g/mol. The molecule has 0 radical (unpaired) electrons. The van der Waals surface area contributed by atoms with Crippen molar-refractivity contribution in [3.8, 4) is 5.75 Å². The number of hydrogen-bond donors (Lipinski definition) is 0. The number of benzene rings is 1. The molecule has 0 spiro atoms. The van der Waals surface area contributed by atoms with E-state index < -0.39 is 0 Å². The molecule has 0 N–H and O–H groups in total. The van der Waals surface area contributed by atoms with E-state index in [1.165, 1.54) is 22.3 Å². The molecule has 0 bridgehead atoms. The van der Waals surface area contributed by atoms with E-state index in [-0.39, 0.29) is 5.41 Å². The van der Waals surface area contributed by atoms with Crippen LogP contribution in [0.2, 0.25) is 0 Å². The molecule has 0 atom stereocenters. The average Bonchev–Trinajstić information content (AvgIpc) is 2.12. The maximum atomic E-state index is 5.85. The van der Waals surface area contributed by atoms with Gasteiger partial charge in [0.15, 0.2) is 0 Å². The largest absolute Gasteiger partial charge is 0.493 e. The molecule has 2 rings (SSSR count). The highest BCUT2D eigenvalue weighted by molar-refractivity contribution is 5.53. The predicted octanol–water partition coefficient (Wildman–Crippen LogP) is 3.67. The lowest BCUT2D eigenvalue weighted by atomic mass is 9.76. The van der Waals surface area contributed by atoms with Gasteiger partial charge in [0.2, 0.25) is 0 Å². The molecule has 0 amide bonds. The predicted molar refractivity (Wildman–Crippen MR) is 63.8 cm³/mol. The second-order valence-corrected chi connectivity index (χ2v) is 5.32. The smallest absolute Gasteiger partial charge is 0.126 e. The lowest BCUT2D eigenvalue weighted by molar-refractivity contribution is 0.231. The standard InChI is InChI=1S/C14H20O/c1-9-8-10(2)12-13(11(9)3)15-7-6-14(12,4)5/h8H,6-7H2,1-5H3. The number of rotatable bonds is 0. The van der Waals surface area contributed by atoms with Crippen LogP contribution in [0.5, 0.6) is 5.75 Å². The minimum absolute atomic E-state index is 0.260. The van der Waals surface area contributed by atoms with Crippen molar-refractivity contribution in [1.29, 1.82) is 0 Å². The Morgan fingerprint density at radius 2 is 1.80 bits per heavy atom. The fourth-order valence-corrected chi connectivity index (χ4v) is 2.61. The fraction of sp³-hybridized carbons (Fsp3) is 0.571. The van der Waals surface area contributed by atoms with E-state index in [4.69, 9.17) is 4.74 Å². The van der Waals surface area contributed by atoms with Crippen LogP contribution >= 0.6 is 0 Å². The highest BCUT2D eigenvalue weighted by atomic mass is 16.5. The van der Waals surface area contributed by atoms with E-state index in [0.717, 1.165) is 18.8 Å². The van der Waals surface area contributed by atoms with Crippen molar-refractivity contribution in [2.24, 2.45) is 0 Å². The highest BCUT2D eigenvalue weighted by Gasteiger charge is 2.31. The number of fused-ring (bicyclic) bond motifs is 1. The second-order valence-electron chi connectivity index (χ2n) is 5.32. The normalized spacial score (nSPS) is 18.2. The van der Waals surface area contributed by atoms with Gasteiger partial charge in [0.1, 0.15) is 5.75 Å². The molecule has 82 valence electrons. The third kappa shape index (κ3) is 1.54. The minimum atomic E-state index is 0.260. The Balaban J connectivity index is 2.72. The Morgan fingerprint density at radius 1 is 1.13 bits per heavy atom. The monoisotopic (exact) mass is 204 g/mol. The van der Waals surface area contributed by atoms with Gasteiger partial charge in [-0.3, -0.25) is 0 Å². The lowest BCUT2D eigenvalue weighted by Crippen LogP contribution is -2.28. The Labute approximate surface area is 92.5 Å². The topological polar surface area (TPSA) is 9.23 Å². The molecule has 0 saturated heterocycles. The summed E-state index contributed by atoms with van der Waals surface area (Å²) < 4.78 is 5.85. The first-order chi connectivity index (χ1) is 6.93. The molecule has 0 fully saturated rings. The molecule has 1 heterocycles. The first kappa shape index (κ1) is 10.5. The molecule has 0 saturated carbocycles. The van der Waals surface area contributed by atoms with Gasteiger partial charge in [0.05, 0.1) is 6.61 Å². The van der Waals surface area contributed by atoms with Crippen LogP contribution < -0.4 is 4.74 Å². The van der Waals surface area contributed by atoms with Crippen molar-refractivity contribution < 1.29 is 4.74 Å². The molecule has 1 aromatic rings. The maximum Gasteiger partial charge on any atom is 0.126 e. The molecular weight excluding hydrogens is 184 g/mol. The van der Waals surface area contributed by atoms with Gasteiger partial charge in [-0.05, 0) is 49.3 Å². The van der Waals surface area contributed by atoms with Crippen molar-refractivity contribution in [2.45, 2.75) is 46.5 Å². The van der Waals surface area contributed by atoms with Crippen molar-refractivity contribution in [3.63, 3.8) is 0 Å². The Kier molecular flexibility index (Phi) is 2.29. The third-order valence-corrected chi connectivity index (χ3v) is 3.64. The Morgan fingerprint density at radius 3 is 2.47 bits per heavy atom. The van der Waals surface area contributed by atoms with Crippen LogP contribution in [0, 0.1) is 20.8 Å². The third-order valence-electron chi connectivity index (χ3n) is 3.64. The number of hydrogen-bond acceptors (Lipinski definition) is 1. The zero-order valence-electron chi connectivity index (χ0n) is 10.4. The van der Waals surface area contributed by atoms with Gasteiger partial charge in [-0.1, -0.05) is 19.9 Å². The van der Waals surface area contributed by atoms with Crippen LogP contribution in [0.4, 0.5) is 0 Å². The summed E-state index contributed by atoms with van der Waals surface area (Å²) in [6.07, 6.45) is 1.11. The summed E-state index contributed by atoms with van der Waals surface area (Å²) in [6.45, 7) is 12.0. The summed E-state index contributed by atoms with van der Waals surface area (Å²) >= 11 is 0. The number of aryl methyl sites for hydroxylation is 2. The molecule has 1 aliphatic heterocycles. The van der Waals surface area contributed by atoms with Crippen LogP contribution in [0.25, 0.3) is 0 Å². The van der Waals surface area contributed by atoms with Gasteiger partial charge in [-0.25, -0.2) is 0 Å². The molecule has 1 aromatic carbocycles. The lowest BCUT2D eigenvalue weighted by Gasteiger charge is -2.35. The van der Waals surface area contributed by atoms with E-state index in [0.29, 0.717) is 0 Å². The molecule has 0 aromatic heterocycles. The first-order valence-corrected chi connectivity index (χ1v) is 5.67. The van der Waals surface area contributed by atoms with Crippen molar-refractivity contribution in [3.05, 3.63) is 28.3 Å². The zero-order valence-corrected chi connectivity index (χ0v) is 10.4. The van der Waals surface area contributed by atoms with Gasteiger partial charge in [-0.15, -0.1) is 0 Å². The Hall–Kier alpha value is -0.980. The van der Waals surface area contributed by atoms with Gasteiger partial charge < -0.3 is 4.74 Å². The van der Waals surface area contributed by atoms with Crippen LogP contribution in [0.15, 0.2) is 6.07 Å². The molecule has 1 aliphatic rings. The van der Waals surface area contributed by atoms with Gasteiger partial charge in [0, 0.05) is 5.56 Å². The first-order valence-electron chi connectivity index (χ1n) is 5.67. The summed E-state index contributed by atoms with van der Waals surface area (Å²) in [7, 11) is 0. The number of ether oxygens (including phenoxy) is 1. The van der Waals surface area contributed by atoms with Crippen molar-refractivity contribution in [1.82, 2.24) is 0 Å². The molecular formula is C14H20O. The van der Waals surface area contributed by atoms with E-state index >= 15 is 0 Å². The highest BCUT2D eigenvalue weighted by Crippen LogP contribution is 2.43. The quantitative estimate of drug-likeness (QED) is 0.626. The molecule has 0 unspecified atom stereocenters. The Bertz CT molecular complexity index is 402. The van der Waals surface area contributed by atoms with Gasteiger partial charge in [-0.2, -0.15) is 0 Å². The van der Waals surface area contributed by atoms with Crippen molar-refractivity contribution in [2.75, 3.05) is 6.61 Å². The summed E-state index contributed by atoms with van der Waals surface area (Å²) in [5.41, 5.74) is 5.69. The molecule has 1 nitrogen and oxygen atoms in total. The minimum Gasteiger partial charge on any atom is -0.493 e. The summed E-state index contributed by atoms with van der Waals surface area (Å²) in [4.78, 5) is 0. The van der Waals surface area contributed by atoms with E-state index in [1.807, 2.05) is 0 Å². The van der Waals surface area contributed by atoms with E-state index in [9.17, 15) is 0 Å². The second kappa shape index (κ2) is 3.26. The van der Waals surface area contributed by atoms with Crippen LogP contribution in [0.1, 0.15) is 42.5 Å². The van der Waals surface area contributed by atoms with Gasteiger partial charge in [0.25, 0.3) is 0 Å². The van der Waals surface area contributed by atoms with Crippen molar-refractivity contribution >= 4 is 0 Å². The molecule has 15 heavy (non-hydrogen) atoms. The molecule has 1 heteroatoms. The fourth-order valence-electron chi connectivity index (χ4n) is 2.61. The summed E-state index contributed by atoms with van der Waals surface area (Å²) in [5, 5.41) is 0. The van der Waals surface area contributed by atoms with Gasteiger partial charge >= 0.3 is 0 Å².